The normalized spacial score (nSPS) is 14.1. The van der Waals surface area contributed by atoms with E-state index >= 15 is 0 Å². The molecule has 4 N–H and O–H groups in total. The van der Waals surface area contributed by atoms with Gasteiger partial charge in [0.05, 0.1) is 21.3 Å². The molecule has 0 saturated heterocycles. The number of pyridine rings is 1. The van der Waals surface area contributed by atoms with Crippen LogP contribution in [0.15, 0.2) is 24.3 Å². The predicted molar refractivity (Wildman–Crippen MR) is 131 cm³/mol. The highest BCUT2D eigenvalue weighted by Crippen LogP contribution is 2.40. The highest BCUT2D eigenvalue weighted by atomic mass is 16.5. The fourth-order valence-corrected chi connectivity index (χ4v) is 4.38. The van der Waals surface area contributed by atoms with Gasteiger partial charge in [-0.3, -0.25) is 9.36 Å². The molecule has 1 fully saturated rings. The number of anilines is 3. The molecule has 0 unspecified atom stereocenters. The minimum Gasteiger partial charge on any atom is -0.493 e. The van der Waals surface area contributed by atoms with E-state index in [1.165, 1.54) is 6.42 Å². The van der Waals surface area contributed by atoms with Gasteiger partial charge in [-0.05, 0) is 25.0 Å². The highest BCUT2D eigenvalue weighted by Gasteiger charge is 2.22. The van der Waals surface area contributed by atoms with Crippen molar-refractivity contribution < 1.29 is 19.0 Å². The van der Waals surface area contributed by atoms with Crippen LogP contribution >= 0.6 is 0 Å². The maximum Gasteiger partial charge on any atom is 0.228 e. The Morgan fingerprint density at radius 3 is 2.38 bits per heavy atom. The van der Waals surface area contributed by atoms with Crippen molar-refractivity contribution in [1.29, 1.82) is 0 Å². The predicted octanol–water partition coefficient (Wildman–Crippen LogP) is 3.68. The lowest BCUT2D eigenvalue weighted by Crippen LogP contribution is -2.25. The number of ether oxygens (including phenoxy) is 3. The Bertz CT molecular complexity index is 1130. The average molecular weight is 469 g/mol. The van der Waals surface area contributed by atoms with Crippen molar-refractivity contribution in [3.8, 4) is 17.2 Å². The summed E-state index contributed by atoms with van der Waals surface area (Å²) in [5.41, 5.74) is 7.92. The SMILES string of the molecule is COc1cc(Nc2nc3ccc(NC(=O)C4CCCCC4)nc3n2CCN)cc(OC)c1OC. The van der Waals surface area contributed by atoms with E-state index in [-0.39, 0.29) is 11.8 Å². The summed E-state index contributed by atoms with van der Waals surface area (Å²) < 4.78 is 18.2. The van der Waals surface area contributed by atoms with E-state index < -0.39 is 0 Å². The van der Waals surface area contributed by atoms with E-state index in [4.69, 9.17) is 24.9 Å². The number of amides is 1. The molecule has 2 heterocycles. The monoisotopic (exact) mass is 468 g/mol. The molecule has 2 aromatic heterocycles. The summed E-state index contributed by atoms with van der Waals surface area (Å²) in [6, 6.07) is 7.24. The van der Waals surface area contributed by atoms with Gasteiger partial charge in [0.2, 0.25) is 17.6 Å². The van der Waals surface area contributed by atoms with Crippen LogP contribution in [0.5, 0.6) is 17.2 Å². The highest BCUT2D eigenvalue weighted by molar-refractivity contribution is 5.92. The molecule has 10 nitrogen and oxygen atoms in total. The van der Waals surface area contributed by atoms with Crippen LogP contribution in [0.25, 0.3) is 11.2 Å². The number of rotatable bonds is 9. The Hall–Kier alpha value is -3.53. The van der Waals surface area contributed by atoms with E-state index in [9.17, 15) is 4.79 Å². The van der Waals surface area contributed by atoms with E-state index in [1.54, 1.807) is 39.5 Å². The molecule has 3 aromatic rings. The Balaban J connectivity index is 1.64. The van der Waals surface area contributed by atoms with E-state index in [2.05, 4.69) is 15.6 Å². The maximum atomic E-state index is 12.7. The molecule has 0 spiro atoms. The third-order valence-electron chi connectivity index (χ3n) is 6.09. The Morgan fingerprint density at radius 1 is 1.06 bits per heavy atom. The van der Waals surface area contributed by atoms with Crippen molar-refractivity contribution in [2.75, 3.05) is 38.5 Å². The van der Waals surface area contributed by atoms with Gasteiger partial charge in [-0.25, -0.2) is 9.97 Å². The number of hydrogen-bond acceptors (Lipinski definition) is 8. The molecule has 0 atom stereocenters. The second-order valence-electron chi connectivity index (χ2n) is 8.28. The molecule has 0 radical (unpaired) electrons. The minimum absolute atomic E-state index is 0.0345. The second-order valence-corrected chi connectivity index (χ2v) is 8.28. The fourth-order valence-electron chi connectivity index (χ4n) is 4.38. The van der Waals surface area contributed by atoms with Gasteiger partial charge in [-0.15, -0.1) is 0 Å². The summed E-state index contributed by atoms with van der Waals surface area (Å²) in [7, 11) is 4.69. The Kier molecular flexibility index (Phi) is 7.36. The van der Waals surface area contributed by atoms with Crippen LogP contribution in [0, 0.1) is 5.92 Å². The third-order valence-corrected chi connectivity index (χ3v) is 6.09. The first-order valence-electron chi connectivity index (χ1n) is 11.5. The zero-order valence-corrected chi connectivity index (χ0v) is 19.9. The van der Waals surface area contributed by atoms with Crippen LogP contribution in [0.2, 0.25) is 0 Å². The van der Waals surface area contributed by atoms with Crippen LogP contribution in [-0.2, 0) is 11.3 Å². The lowest BCUT2D eigenvalue weighted by Gasteiger charge is -2.20. The molecule has 182 valence electrons. The molecule has 1 aromatic carbocycles. The molecular weight excluding hydrogens is 436 g/mol. The van der Waals surface area contributed by atoms with Crippen LogP contribution in [0.3, 0.4) is 0 Å². The summed E-state index contributed by atoms with van der Waals surface area (Å²) in [5.74, 6) is 2.72. The quantitative estimate of drug-likeness (QED) is 0.434. The van der Waals surface area contributed by atoms with Crippen molar-refractivity contribution in [3.63, 3.8) is 0 Å². The Morgan fingerprint density at radius 2 is 1.76 bits per heavy atom. The number of nitrogens with one attached hydrogen (secondary N) is 2. The number of aromatic nitrogens is 3. The van der Waals surface area contributed by atoms with Gasteiger partial charge in [0.15, 0.2) is 17.1 Å². The molecular formula is C24H32N6O4. The molecule has 1 amide bonds. The third kappa shape index (κ3) is 4.86. The van der Waals surface area contributed by atoms with Gasteiger partial charge in [0.25, 0.3) is 0 Å². The number of benzene rings is 1. The Labute approximate surface area is 198 Å². The molecule has 34 heavy (non-hydrogen) atoms. The number of nitrogens with two attached hydrogens (primary N) is 1. The number of hydrogen-bond donors (Lipinski definition) is 3. The van der Waals surface area contributed by atoms with Crippen molar-refractivity contribution in [3.05, 3.63) is 24.3 Å². The smallest absolute Gasteiger partial charge is 0.228 e. The number of methoxy groups -OCH3 is 3. The number of nitrogens with zero attached hydrogens (tertiary/aromatic N) is 3. The fraction of sp³-hybridized carbons (Fsp3) is 0.458. The summed E-state index contributed by atoms with van der Waals surface area (Å²) in [6.45, 7) is 0.895. The van der Waals surface area contributed by atoms with Gasteiger partial charge in [-0.2, -0.15) is 0 Å². The van der Waals surface area contributed by atoms with Crippen molar-refractivity contribution in [2.45, 2.75) is 38.6 Å². The van der Waals surface area contributed by atoms with E-state index in [0.717, 1.165) is 25.7 Å². The zero-order valence-electron chi connectivity index (χ0n) is 19.9. The number of carbonyl (C=O) groups excluding carboxylic acids is 1. The van der Waals surface area contributed by atoms with Crippen LogP contribution in [0.1, 0.15) is 32.1 Å². The maximum absolute atomic E-state index is 12.7. The van der Waals surface area contributed by atoms with Crippen molar-refractivity contribution in [2.24, 2.45) is 11.7 Å². The molecule has 4 rings (SSSR count). The van der Waals surface area contributed by atoms with Crippen molar-refractivity contribution in [1.82, 2.24) is 14.5 Å². The molecule has 1 aliphatic rings. The molecule has 0 bridgehead atoms. The average Bonchev–Trinajstić information content (AvgIpc) is 3.20. The molecule has 0 aliphatic heterocycles. The van der Waals surface area contributed by atoms with Crippen molar-refractivity contribution >= 4 is 34.5 Å². The first-order valence-corrected chi connectivity index (χ1v) is 11.5. The second kappa shape index (κ2) is 10.6. The number of imidazole rings is 1. The van der Waals surface area contributed by atoms with Crippen LogP contribution in [-0.4, -0.2) is 48.3 Å². The number of carbonyl (C=O) groups is 1. The minimum atomic E-state index is 0.0345. The summed E-state index contributed by atoms with van der Waals surface area (Å²) in [5, 5.41) is 6.30. The standard InChI is InChI=1S/C24H32N6O4/c1-32-18-13-16(14-19(33-2)21(18)34-3)26-24-27-17-9-10-20(28-22(17)30(24)12-11-25)29-23(31)15-7-5-4-6-8-15/h9-10,13-15H,4-8,11-12,25H2,1-3H3,(H,26,27)(H,28,29,31). The zero-order chi connectivity index (χ0) is 24.1. The number of fused-ring (bicyclic) bond motifs is 1. The molecule has 1 aliphatic carbocycles. The van der Waals surface area contributed by atoms with E-state index in [1.807, 2.05) is 10.6 Å². The van der Waals surface area contributed by atoms with Crippen LogP contribution in [0.4, 0.5) is 17.5 Å². The summed E-state index contributed by atoms with van der Waals surface area (Å²) >= 11 is 0. The summed E-state index contributed by atoms with van der Waals surface area (Å²) in [4.78, 5) is 22.1. The summed E-state index contributed by atoms with van der Waals surface area (Å²) in [6.07, 6.45) is 5.27. The lowest BCUT2D eigenvalue weighted by atomic mass is 9.89. The molecule has 1 saturated carbocycles. The lowest BCUT2D eigenvalue weighted by molar-refractivity contribution is -0.120. The van der Waals surface area contributed by atoms with Crippen LogP contribution < -0.4 is 30.6 Å². The largest absolute Gasteiger partial charge is 0.493 e. The first-order chi connectivity index (χ1) is 16.6. The van der Waals surface area contributed by atoms with Gasteiger partial charge >= 0.3 is 0 Å². The van der Waals surface area contributed by atoms with Gasteiger partial charge in [0.1, 0.15) is 11.3 Å². The van der Waals surface area contributed by atoms with E-state index in [0.29, 0.717) is 59.0 Å². The topological polar surface area (TPSA) is 126 Å². The van der Waals surface area contributed by atoms with Gasteiger partial charge in [0, 0.05) is 36.8 Å². The first kappa shape index (κ1) is 23.6. The van der Waals surface area contributed by atoms with Gasteiger partial charge in [-0.1, -0.05) is 19.3 Å². The molecule has 10 heteroatoms. The van der Waals surface area contributed by atoms with Gasteiger partial charge < -0.3 is 30.6 Å².